The van der Waals surface area contributed by atoms with E-state index in [-0.39, 0.29) is 0 Å². The molecular weight excluding hydrogens is 120 g/mol. The Morgan fingerprint density at radius 3 is 2.70 bits per heavy atom. The zero-order valence-corrected chi connectivity index (χ0v) is 6.84. The molecule has 0 saturated heterocycles. The maximum absolute atomic E-state index is 3.94. The van der Waals surface area contributed by atoms with E-state index >= 15 is 0 Å². The summed E-state index contributed by atoms with van der Waals surface area (Å²) in [5.74, 6) is 0.420. The highest BCUT2D eigenvalue weighted by atomic mass is 14.0. The van der Waals surface area contributed by atoms with Crippen LogP contribution in [0.4, 0.5) is 0 Å². The second-order valence-corrected chi connectivity index (χ2v) is 2.50. The van der Waals surface area contributed by atoms with E-state index in [9.17, 15) is 0 Å². The molecule has 0 aromatic carbocycles. The zero-order valence-electron chi connectivity index (χ0n) is 6.84. The van der Waals surface area contributed by atoms with Gasteiger partial charge in [0.05, 0.1) is 0 Å². The van der Waals surface area contributed by atoms with Gasteiger partial charge in [-0.25, -0.2) is 0 Å². The summed E-state index contributed by atoms with van der Waals surface area (Å²) in [4.78, 5) is 0. The van der Waals surface area contributed by atoms with Gasteiger partial charge in [-0.3, -0.25) is 0 Å². The first-order chi connectivity index (χ1) is 4.81. The molecule has 0 aromatic rings. The maximum atomic E-state index is 3.94. The minimum atomic E-state index is 0.420. The maximum Gasteiger partial charge on any atom is -0.0199 e. The number of allylic oxidation sites excluding steroid dienone is 3. The molecule has 0 aliphatic carbocycles. The third-order valence-electron chi connectivity index (χ3n) is 1.33. The molecule has 0 spiro atoms. The Balaban J connectivity index is 3.34. The fraction of sp³-hybridized carbons (Fsp3) is 0.500. The van der Waals surface area contributed by atoms with Crippen molar-refractivity contribution in [1.82, 2.24) is 0 Å². The molecule has 0 rings (SSSR count). The molecule has 0 aliphatic heterocycles. The lowest BCUT2D eigenvalue weighted by Crippen LogP contribution is -1.85. The van der Waals surface area contributed by atoms with Gasteiger partial charge in [-0.2, -0.15) is 0 Å². The van der Waals surface area contributed by atoms with Gasteiger partial charge >= 0.3 is 0 Å². The van der Waals surface area contributed by atoms with Crippen LogP contribution in [0.1, 0.15) is 26.2 Å². The lowest BCUT2D eigenvalue weighted by molar-refractivity contribution is 0.818. The fourth-order valence-electron chi connectivity index (χ4n) is 0.748. The van der Waals surface area contributed by atoms with E-state index < -0.39 is 0 Å². The second-order valence-electron chi connectivity index (χ2n) is 2.50. The molecule has 1 radical (unpaired) electrons. The third kappa shape index (κ3) is 5.61. The number of hydrogen-bond acceptors (Lipinski definition) is 0. The summed E-state index contributed by atoms with van der Waals surface area (Å²) < 4.78 is 0. The minimum absolute atomic E-state index is 0.420. The Kier molecular flexibility index (Phi) is 6.25. The molecule has 1 atom stereocenters. The lowest BCUT2D eigenvalue weighted by atomic mass is 10.1. The molecule has 0 bridgehead atoms. The molecule has 57 valence electrons. The van der Waals surface area contributed by atoms with E-state index in [2.05, 4.69) is 32.6 Å². The fourth-order valence-corrected chi connectivity index (χ4v) is 0.748. The van der Waals surface area contributed by atoms with Gasteiger partial charge < -0.3 is 0 Å². The molecule has 0 N–H and O–H groups in total. The van der Waals surface area contributed by atoms with Crippen LogP contribution in [-0.2, 0) is 0 Å². The van der Waals surface area contributed by atoms with Crippen LogP contribution >= 0.6 is 0 Å². The van der Waals surface area contributed by atoms with Crippen LogP contribution in [0.25, 0.3) is 0 Å². The minimum Gasteiger partial charge on any atom is -0.103 e. The van der Waals surface area contributed by atoms with E-state index in [0.29, 0.717) is 5.92 Å². The Bertz CT molecular complexity index is 101. The second kappa shape index (κ2) is 6.60. The first kappa shape index (κ1) is 9.48. The molecular formula is C10H17. The van der Waals surface area contributed by atoms with Crippen molar-refractivity contribution in [3.05, 3.63) is 31.7 Å². The Hall–Kier alpha value is -0.520. The van der Waals surface area contributed by atoms with E-state index in [1.165, 1.54) is 12.8 Å². The van der Waals surface area contributed by atoms with Crippen LogP contribution in [0.15, 0.2) is 24.8 Å². The molecule has 0 aromatic heterocycles. The highest BCUT2D eigenvalue weighted by Crippen LogP contribution is 2.04. The Morgan fingerprint density at radius 1 is 1.50 bits per heavy atom. The van der Waals surface area contributed by atoms with Gasteiger partial charge in [-0.15, -0.1) is 6.58 Å². The number of hydrogen-bond donors (Lipinski definition) is 0. The summed E-state index contributed by atoms with van der Waals surface area (Å²) >= 11 is 0. The molecule has 0 nitrogen and oxygen atoms in total. The largest absolute Gasteiger partial charge is 0.103 e. The van der Waals surface area contributed by atoms with Crippen LogP contribution in [0, 0.1) is 12.8 Å². The van der Waals surface area contributed by atoms with Crippen molar-refractivity contribution in [2.75, 3.05) is 0 Å². The van der Waals surface area contributed by atoms with Gasteiger partial charge in [0.1, 0.15) is 0 Å². The standard InChI is InChI=1S/C10H17/c1-4-6-7-9-10(3)8-5-2/h5,7,9-10H,2-4,6,8H2,1H3/b9-7+. The molecule has 0 heterocycles. The van der Waals surface area contributed by atoms with Crippen molar-refractivity contribution in [1.29, 1.82) is 0 Å². The van der Waals surface area contributed by atoms with Crippen LogP contribution in [0.2, 0.25) is 0 Å². The SMILES string of the molecule is [CH2]C(/C=C/CCC)CC=C. The first-order valence-corrected chi connectivity index (χ1v) is 3.92. The Morgan fingerprint density at radius 2 is 2.20 bits per heavy atom. The topological polar surface area (TPSA) is 0 Å². The quantitative estimate of drug-likeness (QED) is 0.510. The normalized spacial score (nSPS) is 13.8. The summed E-state index contributed by atoms with van der Waals surface area (Å²) in [6.45, 7) is 9.77. The van der Waals surface area contributed by atoms with Gasteiger partial charge in [0, 0.05) is 0 Å². The average Bonchev–Trinajstić information content (AvgIpc) is 1.89. The first-order valence-electron chi connectivity index (χ1n) is 3.92. The molecule has 0 heteroatoms. The number of rotatable bonds is 5. The summed E-state index contributed by atoms with van der Waals surface area (Å²) in [6.07, 6.45) is 9.64. The van der Waals surface area contributed by atoms with Crippen molar-refractivity contribution < 1.29 is 0 Å². The zero-order chi connectivity index (χ0) is 7.82. The van der Waals surface area contributed by atoms with Gasteiger partial charge in [0.25, 0.3) is 0 Å². The predicted molar refractivity (Wildman–Crippen MR) is 47.7 cm³/mol. The van der Waals surface area contributed by atoms with Crippen molar-refractivity contribution in [3.8, 4) is 0 Å². The highest BCUT2D eigenvalue weighted by molar-refractivity contribution is 4.92. The monoisotopic (exact) mass is 137 g/mol. The number of unbranched alkanes of at least 4 members (excludes halogenated alkanes) is 1. The molecule has 0 aliphatic rings. The van der Waals surface area contributed by atoms with E-state index in [1.807, 2.05) is 6.08 Å². The van der Waals surface area contributed by atoms with Crippen LogP contribution < -0.4 is 0 Å². The van der Waals surface area contributed by atoms with Crippen LogP contribution in [0.5, 0.6) is 0 Å². The summed E-state index contributed by atoms with van der Waals surface area (Å²) in [5.41, 5.74) is 0. The summed E-state index contributed by atoms with van der Waals surface area (Å²) in [5, 5.41) is 0. The van der Waals surface area contributed by atoms with Crippen LogP contribution in [-0.4, -0.2) is 0 Å². The van der Waals surface area contributed by atoms with E-state index in [0.717, 1.165) is 6.42 Å². The molecule has 10 heavy (non-hydrogen) atoms. The molecule has 1 unspecified atom stereocenters. The third-order valence-corrected chi connectivity index (χ3v) is 1.33. The van der Waals surface area contributed by atoms with Crippen molar-refractivity contribution in [3.63, 3.8) is 0 Å². The molecule has 0 saturated carbocycles. The van der Waals surface area contributed by atoms with Crippen molar-refractivity contribution in [2.45, 2.75) is 26.2 Å². The van der Waals surface area contributed by atoms with Gasteiger partial charge in [-0.1, -0.05) is 31.6 Å². The van der Waals surface area contributed by atoms with Gasteiger partial charge in [0.2, 0.25) is 0 Å². The summed E-state index contributed by atoms with van der Waals surface area (Å²) in [7, 11) is 0. The van der Waals surface area contributed by atoms with Gasteiger partial charge in [0.15, 0.2) is 0 Å². The van der Waals surface area contributed by atoms with E-state index in [4.69, 9.17) is 0 Å². The molecule has 0 amide bonds. The van der Waals surface area contributed by atoms with E-state index in [1.54, 1.807) is 0 Å². The lowest BCUT2D eigenvalue weighted by Gasteiger charge is -1.98. The van der Waals surface area contributed by atoms with Gasteiger partial charge in [-0.05, 0) is 25.7 Å². The summed E-state index contributed by atoms with van der Waals surface area (Å²) in [6, 6.07) is 0. The molecule has 0 fully saturated rings. The van der Waals surface area contributed by atoms with Crippen molar-refractivity contribution in [2.24, 2.45) is 5.92 Å². The predicted octanol–water partition coefficient (Wildman–Crippen LogP) is 3.37. The average molecular weight is 137 g/mol. The highest BCUT2D eigenvalue weighted by Gasteiger charge is 1.89. The Labute approximate surface area is 64.6 Å². The van der Waals surface area contributed by atoms with Crippen molar-refractivity contribution >= 4 is 0 Å². The smallest absolute Gasteiger partial charge is 0.0199 e. The van der Waals surface area contributed by atoms with Crippen LogP contribution in [0.3, 0.4) is 0 Å².